The lowest BCUT2D eigenvalue weighted by atomic mass is 9.40. The fourth-order valence-electron chi connectivity index (χ4n) is 8.69. The minimum atomic E-state index is -0.348. The predicted molar refractivity (Wildman–Crippen MR) is 131 cm³/mol. The molecule has 2 N–H and O–H groups in total. The summed E-state index contributed by atoms with van der Waals surface area (Å²) in [6, 6.07) is 2.14. The molecule has 0 aromatic rings. The van der Waals surface area contributed by atoms with E-state index >= 15 is 0 Å². The smallest absolute Gasteiger partial charge is 0.204 e. The van der Waals surface area contributed by atoms with E-state index in [0.717, 1.165) is 25.7 Å². The lowest BCUT2D eigenvalue weighted by molar-refractivity contribution is -0.143. The number of amides is 1. The van der Waals surface area contributed by atoms with Crippen LogP contribution in [0.1, 0.15) is 86.0 Å². The predicted octanol–water partition coefficient (Wildman–Crippen LogP) is 5.30. The number of allylic oxidation sites excluding steroid dienone is 4. The van der Waals surface area contributed by atoms with Crippen molar-refractivity contribution in [2.24, 2.45) is 51.1 Å². The van der Waals surface area contributed by atoms with Crippen molar-refractivity contribution < 1.29 is 14.4 Å². The quantitative estimate of drug-likeness (QED) is 0.491. The number of primary amides is 1. The third kappa shape index (κ3) is 3.60. The summed E-state index contributed by atoms with van der Waals surface area (Å²) in [5.74, 6) is 1.52. The molecule has 7 unspecified atom stereocenters. The second kappa shape index (κ2) is 8.18. The Kier molecular flexibility index (Phi) is 5.99. The largest absolute Gasteiger partial charge is 0.372 e. The normalized spacial score (nSPS) is 44.4. The first-order chi connectivity index (χ1) is 15.8. The molecule has 0 radical (unpaired) electrons. The average Bonchev–Trinajstić information content (AvgIpc) is 2.76. The number of hydrogen-bond donors (Lipinski definition) is 1. The monoisotopic (exact) mass is 464 g/mol. The van der Waals surface area contributed by atoms with Gasteiger partial charge in [0.05, 0.1) is 5.57 Å². The van der Waals surface area contributed by atoms with E-state index in [1.807, 2.05) is 12.2 Å². The van der Waals surface area contributed by atoms with Gasteiger partial charge in [0.1, 0.15) is 6.07 Å². The maximum atomic E-state index is 13.8. The Morgan fingerprint density at radius 1 is 1.03 bits per heavy atom. The Labute approximate surface area is 204 Å². The first kappa shape index (κ1) is 24.9. The topological polar surface area (TPSA) is 101 Å². The Hall–Kier alpha value is -2.22. The maximum Gasteiger partial charge on any atom is 0.204 e. The summed E-state index contributed by atoms with van der Waals surface area (Å²) in [7, 11) is 0. The summed E-state index contributed by atoms with van der Waals surface area (Å²) in [5, 5.41) is 9.55. The van der Waals surface area contributed by atoms with Crippen LogP contribution in [0, 0.1) is 56.7 Å². The van der Waals surface area contributed by atoms with Crippen LogP contribution in [0.25, 0.3) is 0 Å². The van der Waals surface area contributed by atoms with E-state index < -0.39 is 0 Å². The number of rotatable bonds is 0. The van der Waals surface area contributed by atoms with Crippen LogP contribution in [-0.2, 0) is 14.4 Å². The van der Waals surface area contributed by atoms with Gasteiger partial charge in [-0.25, -0.2) is 0 Å². The van der Waals surface area contributed by atoms with Gasteiger partial charge in [0.25, 0.3) is 0 Å². The van der Waals surface area contributed by atoms with Crippen LogP contribution in [0.15, 0.2) is 23.3 Å². The molecule has 0 spiro atoms. The number of nitrogens with zero attached hydrogens (tertiary/aromatic N) is 1. The van der Waals surface area contributed by atoms with E-state index in [4.69, 9.17) is 4.79 Å². The average molecular weight is 465 g/mol. The number of fused-ring (bicyclic) bond motifs is 7. The highest BCUT2D eigenvalue weighted by molar-refractivity contribution is 6.01. The molecule has 0 aromatic carbocycles. The van der Waals surface area contributed by atoms with Crippen LogP contribution in [0.2, 0.25) is 0 Å². The molecule has 0 heterocycles. The van der Waals surface area contributed by atoms with Crippen molar-refractivity contribution in [3.8, 4) is 6.07 Å². The molecule has 5 aliphatic rings. The van der Waals surface area contributed by atoms with E-state index in [1.165, 1.54) is 24.8 Å². The van der Waals surface area contributed by atoms with E-state index in [1.54, 1.807) is 0 Å². The molecule has 34 heavy (non-hydrogen) atoms. The van der Waals surface area contributed by atoms with Crippen molar-refractivity contribution in [3.05, 3.63) is 23.3 Å². The zero-order valence-electron chi connectivity index (χ0n) is 21.4. The summed E-state index contributed by atoms with van der Waals surface area (Å²) >= 11 is 0. The molecule has 0 saturated heterocycles. The number of carbonyl (C=O) groups is 3. The molecular weight excluding hydrogens is 424 g/mol. The fraction of sp³-hybridized carbons (Fsp3) is 0.724. The van der Waals surface area contributed by atoms with Crippen molar-refractivity contribution >= 4 is 18.0 Å². The number of nitrogens with two attached hydrogens (primary N) is 1. The van der Waals surface area contributed by atoms with E-state index in [-0.39, 0.29) is 34.9 Å². The third-order valence-electron chi connectivity index (χ3n) is 10.7. The highest BCUT2D eigenvalue weighted by Gasteiger charge is 2.62. The molecular formula is C29H40N2O3. The van der Waals surface area contributed by atoms with Crippen LogP contribution < -0.4 is 5.73 Å². The zero-order valence-corrected chi connectivity index (χ0v) is 21.4. The van der Waals surface area contributed by atoms with Gasteiger partial charge in [-0.05, 0) is 85.0 Å². The molecule has 184 valence electrons. The SMILES string of the molecule is CC1(C)CCC2(C)CCC3C(C(=O)C=C4C5(C)C=C(C#N)C(=O)CC5CCC43C)C2C1.NC=O. The zero-order chi connectivity index (χ0) is 25.1. The second-order valence-corrected chi connectivity index (χ2v) is 13.1. The summed E-state index contributed by atoms with van der Waals surface area (Å²) in [6.45, 7) is 11.8. The van der Waals surface area contributed by atoms with Crippen molar-refractivity contribution in [2.45, 2.75) is 86.0 Å². The maximum absolute atomic E-state index is 13.8. The van der Waals surface area contributed by atoms with Crippen molar-refractivity contribution in [3.63, 3.8) is 0 Å². The van der Waals surface area contributed by atoms with Crippen LogP contribution >= 0.6 is 0 Å². The van der Waals surface area contributed by atoms with Gasteiger partial charge in [0.15, 0.2) is 11.6 Å². The van der Waals surface area contributed by atoms with Crippen molar-refractivity contribution in [1.29, 1.82) is 5.26 Å². The molecule has 5 rings (SSSR count). The Balaban J connectivity index is 0.000000868. The third-order valence-corrected chi connectivity index (χ3v) is 10.7. The fourth-order valence-corrected chi connectivity index (χ4v) is 8.69. The van der Waals surface area contributed by atoms with Gasteiger partial charge in [-0.1, -0.05) is 46.3 Å². The first-order valence-electron chi connectivity index (χ1n) is 12.9. The van der Waals surface area contributed by atoms with Gasteiger partial charge in [-0.15, -0.1) is 0 Å². The molecule has 3 fully saturated rings. The van der Waals surface area contributed by atoms with Gasteiger partial charge >= 0.3 is 0 Å². The Morgan fingerprint density at radius 3 is 2.35 bits per heavy atom. The highest BCUT2D eigenvalue weighted by atomic mass is 16.1. The van der Waals surface area contributed by atoms with Crippen LogP contribution in [0.5, 0.6) is 0 Å². The Bertz CT molecular complexity index is 1020. The van der Waals surface area contributed by atoms with Gasteiger partial charge in [-0.3, -0.25) is 14.4 Å². The molecule has 7 atom stereocenters. The molecule has 3 saturated carbocycles. The molecule has 0 aromatic heterocycles. The van der Waals surface area contributed by atoms with Gasteiger partial charge in [0.2, 0.25) is 6.41 Å². The lowest BCUT2D eigenvalue weighted by Crippen LogP contribution is -2.58. The standard InChI is InChI=1S/C28H37NO2.CH3NO/c1-25(2)10-11-26(3)8-7-19-24(20(26)15-25)22(31)13-23-27(19,4)9-6-18-12-21(30)17(16-29)14-28(18,23)5;2-1-3/h13-14,18-20,24H,6-12,15H2,1-5H3;1H,(H2,2,3). The molecule has 0 aliphatic heterocycles. The van der Waals surface area contributed by atoms with Crippen molar-refractivity contribution in [2.75, 3.05) is 0 Å². The minimum Gasteiger partial charge on any atom is -0.372 e. The highest BCUT2D eigenvalue weighted by Crippen LogP contribution is 2.68. The van der Waals surface area contributed by atoms with Gasteiger partial charge < -0.3 is 5.73 Å². The van der Waals surface area contributed by atoms with Crippen molar-refractivity contribution in [1.82, 2.24) is 0 Å². The first-order valence-corrected chi connectivity index (χ1v) is 12.9. The van der Waals surface area contributed by atoms with Crippen LogP contribution in [0.4, 0.5) is 0 Å². The van der Waals surface area contributed by atoms with E-state index in [0.29, 0.717) is 40.4 Å². The number of carbonyl (C=O) groups excluding carboxylic acids is 3. The summed E-state index contributed by atoms with van der Waals surface area (Å²) in [5.41, 5.74) is 5.93. The van der Waals surface area contributed by atoms with Crippen LogP contribution in [-0.4, -0.2) is 18.0 Å². The van der Waals surface area contributed by atoms with E-state index in [2.05, 4.69) is 46.4 Å². The summed E-state index contributed by atoms with van der Waals surface area (Å²) in [6.07, 6.45) is 12.7. The number of hydrogen-bond acceptors (Lipinski definition) is 4. The lowest BCUT2D eigenvalue weighted by Gasteiger charge is -2.63. The second-order valence-electron chi connectivity index (χ2n) is 13.1. The molecule has 1 amide bonds. The van der Waals surface area contributed by atoms with E-state index in [9.17, 15) is 14.9 Å². The Morgan fingerprint density at radius 2 is 1.71 bits per heavy atom. The molecule has 0 bridgehead atoms. The van der Waals surface area contributed by atoms with Gasteiger partial charge in [0, 0.05) is 17.8 Å². The molecule has 5 aliphatic carbocycles. The number of nitriles is 1. The summed E-state index contributed by atoms with van der Waals surface area (Å²) < 4.78 is 0. The van der Waals surface area contributed by atoms with Gasteiger partial charge in [-0.2, -0.15) is 5.26 Å². The number of Topliss-reactive ketones (excluding diaryl/α,β-unsaturated/α-hetero) is 1. The molecule has 5 nitrogen and oxygen atoms in total. The minimum absolute atomic E-state index is 0.00972. The van der Waals surface area contributed by atoms with Crippen LogP contribution in [0.3, 0.4) is 0 Å². The number of ketones is 2. The molecule has 5 heteroatoms. The summed E-state index contributed by atoms with van der Waals surface area (Å²) in [4.78, 5) is 34.9.